The molecule has 0 bridgehead atoms. The number of fused-ring (bicyclic) bond motifs is 1. The summed E-state index contributed by atoms with van der Waals surface area (Å²) in [4.78, 5) is 12.3. The lowest BCUT2D eigenvalue weighted by Crippen LogP contribution is -2.34. The third kappa shape index (κ3) is 3.88. The van der Waals surface area contributed by atoms with Gasteiger partial charge in [-0.05, 0) is 61.2 Å². The number of hydrogen-bond donors (Lipinski definition) is 1. The van der Waals surface area contributed by atoms with Crippen molar-refractivity contribution in [3.8, 4) is 0 Å². The molecule has 0 saturated heterocycles. The summed E-state index contributed by atoms with van der Waals surface area (Å²) in [6.45, 7) is 2.24. The molecule has 26 heavy (non-hydrogen) atoms. The van der Waals surface area contributed by atoms with E-state index >= 15 is 0 Å². The number of nitrogens with one attached hydrogen (secondary N) is 1. The zero-order valence-electron chi connectivity index (χ0n) is 14.7. The fourth-order valence-corrected chi connectivity index (χ4v) is 4.63. The molecule has 0 radical (unpaired) electrons. The Bertz CT molecular complexity index is 944. The molecule has 1 aliphatic heterocycles. The molecule has 0 spiro atoms. The largest absolute Gasteiger partial charge is 0.352 e. The first-order valence-corrected chi connectivity index (χ1v) is 10.3. The molecule has 0 fully saturated rings. The van der Waals surface area contributed by atoms with Crippen LogP contribution in [0.15, 0.2) is 42.5 Å². The number of carbonyl (C=O) groups excluding carboxylic acids is 1. The van der Waals surface area contributed by atoms with Gasteiger partial charge in [-0.25, -0.2) is 12.8 Å². The van der Waals surface area contributed by atoms with Gasteiger partial charge in [0.05, 0.1) is 11.9 Å². The van der Waals surface area contributed by atoms with Gasteiger partial charge in [-0.1, -0.05) is 12.1 Å². The van der Waals surface area contributed by atoms with Crippen molar-refractivity contribution in [1.29, 1.82) is 0 Å². The highest BCUT2D eigenvalue weighted by Gasteiger charge is 2.32. The molecule has 0 saturated carbocycles. The van der Waals surface area contributed by atoms with Crippen LogP contribution >= 0.6 is 0 Å². The molecule has 7 heteroatoms. The molecule has 1 N–H and O–H groups in total. The Labute approximate surface area is 152 Å². The molecule has 5 nitrogen and oxygen atoms in total. The summed E-state index contributed by atoms with van der Waals surface area (Å²) in [5.41, 5.74) is 2.79. The van der Waals surface area contributed by atoms with Crippen LogP contribution in [0.5, 0.6) is 0 Å². The van der Waals surface area contributed by atoms with Crippen LogP contribution < -0.4 is 9.62 Å². The number of rotatable bonds is 5. The standard InChI is InChI=1S/C19H21FN2O3S/c1-13-10-16-12-15(6-7-18(16)22(13)26(2,24)25)19(23)21-9-8-14-4-3-5-17(20)11-14/h3-7,11-13H,8-10H2,1-2H3,(H,21,23)/t13-/m1/s1. The number of nitrogens with zero attached hydrogens (tertiary/aromatic N) is 1. The molecule has 1 aliphatic rings. The molecule has 2 aromatic carbocycles. The molecule has 1 amide bonds. The van der Waals surface area contributed by atoms with Gasteiger partial charge < -0.3 is 5.32 Å². The highest BCUT2D eigenvalue weighted by atomic mass is 32.2. The van der Waals surface area contributed by atoms with E-state index in [2.05, 4.69) is 5.32 Å². The fourth-order valence-electron chi connectivity index (χ4n) is 3.36. The Hall–Kier alpha value is -2.41. The van der Waals surface area contributed by atoms with Crippen molar-refractivity contribution in [2.45, 2.75) is 25.8 Å². The number of anilines is 1. The first-order chi connectivity index (χ1) is 12.3. The van der Waals surface area contributed by atoms with Crippen molar-refractivity contribution >= 4 is 21.6 Å². The highest BCUT2D eigenvalue weighted by molar-refractivity contribution is 7.92. The monoisotopic (exact) mass is 376 g/mol. The molecular weight excluding hydrogens is 355 g/mol. The molecule has 0 aliphatic carbocycles. The van der Waals surface area contributed by atoms with Gasteiger partial charge in [0.25, 0.3) is 5.91 Å². The van der Waals surface area contributed by atoms with Crippen LogP contribution in [0.3, 0.4) is 0 Å². The van der Waals surface area contributed by atoms with E-state index in [1.54, 1.807) is 24.3 Å². The maximum atomic E-state index is 13.2. The number of hydrogen-bond acceptors (Lipinski definition) is 3. The van der Waals surface area contributed by atoms with E-state index in [0.29, 0.717) is 30.6 Å². The number of sulfonamides is 1. The Morgan fingerprint density at radius 2 is 2.04 bits per heavy atom. The van der Waals surface area contributed by atoms with Gasteiger partial charge in [0.2, 0.25) is 10.0 Å². The number of benzene rings is 2. The van der Waals surface area contributed by atoms with E-state index in [-0.39, 0.29) is 17.8 Å². The molecule has 3 rings (SSSR count). The third-order valence-electron chi connectivity index (χ3n) is 4.44. The van der Waals surface area contributed by atoms with E-state index < -0.39 is 10.0 Å². The summed E-state index contributed by atoms with van der Waals surface area (Å²) < 4.78 is 38.4. The maximum absolute atomic E-state index is 13.2. The van der Waals surface area contributed by atoms with Crippen LogP contribution in [0.25, 0.3) is 0 Å². The van der Waals surface area contributed by atoms with Crippen molar-refractivity contribution < 1.29 is 17.6 Å². The van der Waals surface area contributed by atoms with Crippen molar-refractivity contribution in [3.05, 3.63) is 65.0 Å². The second-order valence-corrected chi connectivity index (χ2v) is 8.45. The molecule has 1 heterocycles. The minimum Gasteiger partial charge on any atom is -0.352 e. The Morgan fingerprint density at radius 1 is 1.27 bits per heavy atom. The predicted molar refractivity (Wildman–Crippen MR) is 99.4 cm³/mol. The van der Waals surface area contributed by atoms with Crippen molar-refractivity contribution in [1.82, 2.24) is 5.32 Å². The lowest BCUT2D eigenvalue weighted by Gasteiger charge is -2.21. The van der Waals surface area contributed by atoms with Gasteiger partial charge >= 0.3 is 0 Å². The first-order valence-electron chi connectivity index (χ1n) is 8.40. The van der Waals surface area contributed by atoms with Crippen molar-refractivity contribution in [2.75, 3.05) is 17.1 Å². The molecule has 138 valence electrons. The lowest BCUT2D eigenvalue weighted by atomic mass is 10.1. The predicted octanol–water partition coefficient (Wildman–Crippen LogP) is 2.51. The van der Waals surface area contributed by atoms with Crippen LogP contribution in [0.1, 0.15) is 28.4 Å². The smallest absolute Gasteiger partial charge is 0.251 e. The van der Waals surface area contributed by atoms with Crippen LogP contribution in [0.2, 0.25) is 0 Å². The summed E-state index contributed by atoms with van der Waals surface area (Å²) in [7, 11) is -3.34. The fraction of sp³-hybridized carbons (Fsp3) is 0.316. The van der Waals surface area contributed by atoms with Crippen molar-refractivity contribution in [3.63, 3.8) is 0 Å². The SMILES string of the molecule is C[C@@H]1Cc2cc(C(=O)NCCc3cccc(F)c3)ccc2N1S(C)(=O)=O. The average Bonchev–Trinajstić information content (AvgIpc) is 2.89. The zero-order valence-corrected chi connectivity index (χ0v) is 15.5. The lowest BCUT2D eigenvalue weighted by molar-refractivity contribution is 0.0954. The van der Waals surface area contributed by atoms with Gasteiger partial charge in [-0.3, -0.25) is 9.10 Å². The van der Waals surface area contributed by atoms with Crippen LogP contribution in [-0.4, -0.2) is 33.2 Å². The summed E-state index contributed by atoms with van der Waals surface area (Å²) in [6, 6.07) is 11.2. The Balaban J connectivity index is 1.67. The van der Waals surface area contributed by atoms with E-state index in [1.807, 2.05) is 13.0 Å². The zero-order chi connectivity index (χ0) is 18.9. The second-order valence-electron chi connectivity index (χ2n) is 6.59. The molecule has 1 atom stereocenters. The van der Waals surface area contributed by atoms with Crippen LogP contribution in [0, 0.1) is 5.82 Å². The number of halogens is 1. The van der Waals surface area contributed by atoms with Gasteiger partial charge in [-0.15, -0.1) is 0 Å². The number of carbonyl (C=O) groups is 1. The van der Waals surface area contributed by atoms with Crippen LogP contribution in [-0.2, 0) is 22.9 Å². The quantitative estimate of drug-likeness (QED) is 0.872. The van der Waals surface area contributed by atoms with E-state index in [1.165, 1.54) is 22.7 Å². The van der Waals surface area contributed by atoms with E-state index in [4.69, 9.17) is 0 Å². The highest BCUT2D eigenvalue weighted by Crippen LogP contribution is 2.34. The summed E-state index contributed by atoms with van der Waals surface area (Å²) in [5.74, 6) is -0.522. The normalized spacial score (nSPS) is 16.4. The van der Waals surface area contributed by atoms with Gasteiger partial charge in [-0.2, -0.15) is 0 Å². The minimum atomic E-state index is -3.34. The molecule has 0 aromatic heterocycles. The Kier molecular flexibility index (Phi) is 5.00. The van der Waals surface area contributed by atoms with Gasteiger partial charge in [0.1, 0.15) is 5.82 Å². The maximum Gasteiger partial charge on any atom is 0.251 e. The first kappa shape index (κ1) is 18.4. The van der Waals surface area contributed by atoms with E-state index in [0.717, 1.165) is 11.1 Å². The van der Waals surface area contributed by atoms with E-state index in [9.17, 15) is 17.6 Å². The minimum absolute atomic E-state index is 0.161. The summed E-state index contributed by atoms with van der Waals surface area (Å²) in [6.07, 6.45) is 2.30. The molecular formula is C19H21FN2O3S. The summed E-state index contributed by atoms with van der Waals surface area (Å²) >= 11 is 0. The van der Waals surface area contributed by atoms with Gasteiger partial charge in [0, 0.05) is 18.2 Å². The van der Waals surface area contributed by atoms with Crippen LogP contribution in [0.4, 0.5) is 10.1 Å². The summed E-state index contributed by atoms with van der Waals surface area (Å²) in [5, 5.41) is 2.82. The topological polar surface area (TPSA) is 66.5 Å². The molecule has 2 aromatic rings. The average molecular weight is 376 g/mol. The van der Waals surface area contributed by atoms with Gasteiger partial charge in [0.15, 0.2) is 0 Å². The third-order valence-corrected chi connectivity index (χ3v) is 5.71. The second kappa shape index (κ2) is 7.07. The number of amides is 1. The van der Waals surface area contributed by atoms with Crippen molar-refractivity contribution in [2.24, 2.45) is 0 Å². The molecule has 0 unspecified atom stereocenters. The Morgan fingerprint density at radius 3 is 2.73 bits per heavy atom.